The van der Waals surface area contributed by atoms with Gasteiger partial charge in [0, 0.05) is 0 Å². The molecule has 0 aromatic heterocycles. The fourth-order valence-electron chi connectivity index (χ4n) is 8.34. The SMILES string of the molecule is Cc1ccc(-c2cccc(-c3cccc4c3Cc3c(-c5cccc(-c6ccc7c8ccccc8c8ccccc8c7c6)c5)cccc3-4)c2)cc1. The zero-order valence-corrected chi connectivity index (χ0v) is 28.0. The van der Waals surface area contributed by atoms with Crippen LogP contribution in [0.3, 0.4) is 0 Å². The molecule has 1 aliphatic rings. The highest BCUT2D eigenvalue weighted by Crippen LogP contribution is 2.46. The third-order valence-electron chi connectivity index (χ3n) is 10.8. The number of aryl methyl sites for hydroxylation is 1. The van der Waals surface area contributed by atoms with Crippen LogP contribution in [0.15, 0.2) is 176 Å². The van der Waals surface area contributed by atoms with Gasteiger partial charge in [-0.15, -0.1) is 0 Å². The second-order valence-electron chi connectivity index (χ2n) is 13.7. The Morgan fingerprint density at radius 1 is 0.280 bits per heavy atom. The van der Waals surface area contributed by atoms with Crippen LogP contribution >= 0.6 is 0 Å². The number of benzene rings is 9. The van der Waals surface area contributed by atoms with E-state index in [-0.39, 0.29) is 0 Å². The van der Waals surface area contributed by atoms with Gasteiger partial charge in [-0.05, 0) is 131 Å². The highest BCUT2D eigenvalue weighted by molar-refractivity contribution is 6.25. The largest absolute Gasteiger partial charge is 0.0616 e. The Hall–Kier alpha value is -6.24. The fraction of sp³-hybridized carbons (Fsp3) is 0.0400. The van der Waals surface area contributed by atoms with Gasteiger partial charge in [0.05, 0.1) is 0 Å². The number of rotatable bonds is 4. The van der Waals surface area contributed by atoms with Gasteiger partial charge in [-0.2, -0.15) is 0 Å². The van der Waals surface area contributed by atoms with Crippen LogP contribution in [0.5, 0.6) is 0 Å². The van der Waals surface area contributed by atoms with Crippen molar-refractivity contribution in [1.29, 1.82) is 0 Å². The van der Waals surface area contributed by atoms with Crippen molar-refractivity contribution in [3.63, 3.8) is 0 Å². The van der Waals surface area contributed by atoms with Gasteiger partial charge in [-0.3, -0.25) is 0 Å². The molecular formula is C50H34. The van der Waals surface area contributed by atoms with E-state index in [4.69, 9.17) is 0 Å². The van der Waals surface area contributed by atoms with Gasteiger partial charge >= 0.3 is 0 Å². The molecule has 10 rings (SSSR count). The Balaban J connectivity index is 1.05. The average Bonchev–Trinajstić information content (AvgIpc) is 3.57. The van der Waals surface area contributed by atoms with Crippen LogP contribution < -0.4 is 0 Å². The molecule has 0 aliphatic heterocycles. The van der Waals surface area contributed by atoms with Gasteiger partial charge in [0.2, 0.25) is 0 Å². The predicted molar refractivity (Wildman–Crippen MR) is 214 cm³/mol. The van der Waals surface area contributed by atoms with Crippen molar-refractivity contribution in [3.8, 4) is 55.6 Å². The summed E-state index contributed by atoms with van der Waals surface area (Å²) in [4.78, 5) is 0. The summed E-state index contributed by atoms with van der Waals surface area (Å²) in [6, 6.07) is 65.3. The summed E-state index contributed by atoms with van der Waals surface area (Å²) in [6.07, 6.45) is 0.922. The molecular weight excluding hydrogens is 601 g/mol. The first-order valence-corrected chi connectivity index (χ1v) is 17.6. The second-order valence-corrected chi connectivity index (χ2v) is 13.7. The van der Waals surface area contributed by atoms with Crippen molar-refractivity contribution in [3.05, 3.63) is 193 Å². The molecule has 0 radical (unpaired) electrons. The van der Waals surface area contributed by atoms with Gasteiger partial charge in [-0.1, -0.05) is 163 Å². The first kappa shape index (κ1) is 28.7. The van der Waals surface area contributed by atoms with Gasteiger partial charge in [0.15, 0.2) is 0 Å². The highest BCUT2D eigenvalue weighted by atomic mass is 14.3. The minimum Gasteiger partial charge on any atom is -0.0616 e. The standard InChI is InChI=1S/C50H34/c1-32-22-24-33(25-23-32)34-10-6-12-37(28-34)39-18-8-20-45-46-21-9-19-40(50(46)31-49(39)45)38-13-7-11-35(29-38)36-26-27-47-43-16-3-2-14-41(43)42-15-4-5-17-44(42)48(47)30-36/h2-30H,31H2,1H3. The van der Waals surface area contributed by atoms with E-state index in [1.807, 2.05) is 0 Å². The quantitative estimate of drug-likeness (QED) is 0.169. The fourth-order valence-corrected chi connectivity index (χ4v) is 8.34. The van der Waals surface area contributed by atoms with Crippen LogP contribution in [-0.2, 0) is 6.42 Å². The van der Waals surface area contributed by atoms with E-state index in [9.17, 15) is 0 Å². The van der Waals surface area contributed by atoms with E-state index < -0.39 is 0 Å². The van der Waals surface area contributed by atoms with E-state index in [0.717, 1.165) is 6.42 Å². The molecule has 0 spiro atoms. The molecule has 0 nitrogen and oxygen atoms in total. The van der Waals surface area contributed by atoms with Crippen LogP contribution in [0.25, 0.3) is 88.0 Å². The minimum atomic E-state index is 0.922. The summed E-state index contributed by atoms with van der Waals surface area (Å²) in [6.45, 7) is 2.14. The van der Waals surface area contributed by atoms with Crippen LogP contribution in [0.2, 0.25) is 0 Å². The molecule has 1 aliphatic carbocycles. The minimum absolute atomic E-state index is 0.922. The molecule has 0 saturated heterocycles. The first-order valence-electron chi connectivity index (χ1n) is 17.6. The Labute approximate surface area is 292 Å². The van der Waals surface area contributed by atoms with Crippen molar-refractivity contribution in [2.75, 3.05) is 0 Å². The van der Waals surface area contributed by atoms with Gasteiger partial charge in [-0.25, -0.2) is 0 Å². The Morgan fingerprint density at radius 2 is 0.680 bits per heavy atom. The Bertz CT molecular complexity index is 2740. The molecule has 0 fully saturated rings. The summed E-state index contributed by atoms with van der Waals surface area (Å²) in [7, 11) is 0. The summed E-state index contributed by atoms with van der Waals surface area (Å²) in [5.41, 5.74) is 17.0. The maximum absolute atomic E-state index is 2.39. The summed E-state index contributed by atoms with van der Waals surface area (Å²) in [5.74, 6) is 0. The third-order valence-corrected chi connectivity index (χ3v) is 10.8. The lowest BCUT2D eigenvalue weighted by molar-refractivity contribution is 1.26. The topological polar surface area (TPSA) is 0 Å². The molecule has 0 amide bonds. The van der Waals surface area contributed by atoms with Crippen molar-refractivity contribution in [2.45, 2.75) is 13.3 Å². The second kappa shape index (κ2) is 11.4. The first-order chi connectivity index (χ1) is 24.7. The molecule has 0 bridgehead atoms. The lowest BCUT2D eigenvalue weighted by Gasteiger charge is -2.13. The lowest BCUT2D eigenvalue weighted by Crippen LogP contribution is -1.91. The monoisotopic (exact) mass is 634 g/mol. The predicted octanol–water partition coefficient (Wildman–Crippen LogP) is 13.7. The molecule has 0 atom stereocenters. The molecule has 9 aromatic carbocycles. The Morgan fingerprint density at radius 3 is 1.24 bits per heavy atom. The van der Waals surface area contributed by atoms with Crippen LogP contribution in [0, 0.1) is 6.92 Å². The molecule has 50 heavy (non-hydrogen) atoms. The molecule has 9 aromatic rings. The normalized spacial score (nSPS) is 12.0. The number of hydrogen-bond donors (Lipinski definition) is 0. The molecule has 0 saturated carbocycles. The van der Waals surface area contributed by atoms with Crippen LogP contribution in [-0.4, -0.2) is 0 Å². The smallest absolute Gasteiger partial charge is 0.000112 e. The number of fused-ring (bicyclic) bond motifs is 9. The highest BCUT2D eigenvalue weighted by Gasteiger charge is 2.24. The summed E-state index contributed by atoms with van der Waals surface area (Å²) >= 11 is 0. The van der Waals surface area contributed by atoms with Crippen LogP contribution in [0.1, 0.15) is 16.7 Å². The van der Waals surface area contributed by atoms with Crippen LogP contribution in [0.4, 0.5) is 0 Å². The van der Waals surface area contributed by atoms with E-state index in [2.05, 4.69) is 183 Å². The van der Waals surface area contributed by atoms with Gasteiger partial charge in [0.25, 0.3) is 0 Å². The maximum Gasteiger partial charge on any atom is -0.000112 e. The Kier molecular flexibility index (Phi) is 6.57. The van der Waals surface area contributed by atoms with E-state index in [1.165, 1.54) is 105 Å². The van der Waals surface area contributed by atoms with E-state index in [1.54, 1.807) is 0 Å². The summed E-state index contributed by atoms with van der Waals surface area (Å²) < 4.78 is 0. The third kappa shape index (κ3) is 4.60. The summed E-state index contributed by atoms with van der Waals surface area (Å²) in [5, 5.41) is 7.84. The zero-order valence-electron chi connectivity index (χ0n) is 28.0. The zero-order chi connectivity index (χ0) is 33.2. The molecule has 0 unspecified atom stereocenters. The van der Waals surface area contributed by atoms with E-state index in [0.29, 0.717) is 0 Å². The average molecular weight is 635 g/mol. The van der Waals surface area contributed by atoms with Crippen molar-refractivity contribution in [1.82, 2.24) is 0 Å². The van der Waals surface area contributed by atoms with Gasteiger partial charge < -0.3 is 0 Å². The van der Waals surface area contributed by atoms with Crippen molar-refractivity contribution < 1.29 is 0 Å². The van der Waals surface area contributed by atoms with Crippen molar-refractivity contribution >= 4 is 32.3 Å². The molecule has 0 N–H and O–H groups in total. The maximum atomic E-state index is 2.39. The molecule has 0 heterocycles. The molecule has 234 valence electrons. The molecule has 0 heteroatoms. The van der Waals surface area contributed by atoms with E-state index >= 15 is 0 Å². The van der Waals surface area contributed by atoms with Crippen molar-refractivity contribution in [2.24, 2.45) is 0 Å². The lowest BCUT2D eigenvalue weighted by atomic mass is 9.90. The number of hydrogen-bond acceptors (Lipinski definition) is 0. The van der Waals surface area contributed by atoms with Gasteiger partial charge in [0.1, 0.15) is 0 Å².